The number of benzene rings is 1. The summed E-state index contributed by atoms with van der Waals surface area (Å²) in [6.45, 7) is 4.03. The molecule has 0 aromatic heterocycles. The SMILES string of the molecule is Cc1ccc2c(c1)C[C@@H](C)C(=O)N2. The van der Waals surface area contributed by atoms with Crippen molar-refractivity contribution in [3.8, 4) is 0 Å². The number of amides is 1. The predicted octanol–water partition coefficient (Wildman–Crippen LogP) is 2.13. The minimum Gasteiger partial charge on any atom is -0.326 e. The summed E-state index contributed by atoms with van der Waals surface area (Å²) in [6, 6.07) is 6.15. The van der Waals surface area contributed by atoms with Crippen molar-refractivity contribution >= 4 is 11.6 Å². The van der Waals surface area contributed by atoms with Crippen LogP contribution in [0.1, 0.15) is 18.1 Å². The summed E-state index contributed by atoms with van der Waals surface area (Å²) in [7, 11) is 0. The van der Waals surface area contributed by atoms with E-state index in [9.17, 15) is 4.79 Å². The molecular weight excluding hydrogens is 162 g/mol. The first-order chi connectivity index (χ1) is 6.16. The summed E-state index contributed by atoms with van der Waals surface area (Å²) in [5.41, 5.74) is 3.49. The van der Waals surface area contributed by atoms with E-state index in [2.05, 4.69) is 18.3 Å². The van der Waals surface area contributed by atoms with Gasteiger partial charge in [-0.2, -0.15) is 0 Å². The van der Waals surface area contributed by atoms with Gasteiger partial charge in [-0.15, -0.1) is 0 Å². The zero-order valence-corrected chi connectivity index (χ0v) is 7.92. The summed E-state index contributed by atoms with van der Waals surface area (Å²) in [6.07, 6.45) is 0.864. The third-order valence-electron chi connectivity index (χ3n) is 2.49. The van der Waals surface area contributed by atoms with Gasteiger partial charge in [-0.1, -0.05) is 24.6 Å². The van der Waals surface area contributed by atoms with Crippen molar-refractivity contribution in [1.29, 1.82) is 0 Å². The van der Waals surface area contributed by atoms with Crippen molar-refractivity contribution in [3.05, 3.63) is 29.3 Å². The molecule has 1 aromatic carbocycles. The molecule has 2 rings (SSSR count). The van der Waals surface area contributed by atoms with Crippen molar-refractivity contribution in [2.75, 3.05) is 5.32 Å². The van der Waals surface area contributed by atoms with Gasteiger partial charge in [0.25, 0.3) is 0 Å². The number of fused-ring (bicyclic) bond motifs is 1. The van der Waals surface area contributed by atoms with Crippen LogP contribution >= 0.6 is 0 Å². The van der Waals surface area contributed by atoms with E-state index < -0.39 is 0 Å². The molecule has 1 amide bonds. The number of anilines is 1. The van der Waals surface area contributed by atoms with Gasteiger partial charge in [0.15, 0.2) is 0 Å². The van der Waals surface area contributed by atoms with E-state index in [0.717, 1.165) is 12.1 Å². The van der Waals surface area contributed by atoms with Crippen LogP contribution in [0.2, 0.25) is 0 Å². The quantitative estimate of drug-likeness (QED) is 0.643. The van der Waals surface area contributed by atoms with E-state index in [1.54, 1.807) is 0 Å². The number of hydrogen-bond acceptors (Lipinski definition) is 1. The topological polar surface area (TPSA) is 29.1 Å². The molecule has 1 N–H and O–H groups in total. The Morgan fingerprint density at radius 2 is 2.23 bits per heavy atom. The lowest BCUT2D eigenvalue weighted by atomic mass is 9.94. The van der Waals surface area contributed by atoms with E-state index in [1.165, 1.54) is 11.1 Å². The zero-order valence-electron chi connectivity index (χ0n) is 7.92. The molecule has 0 aliphatic carbocycles. The molecule has 2 nitrogen and oxygen atoms in total. The van der Waals surface area contributed by atoms with Crippen LogP contribution in [0, 0.1) is 12.8 Å². The second kappa shape index (κ2) is 2.87. The highest BCUT2D eigenvalue weighted by Gasteiger charge is 2.21. The molecule has 0 saturated carbocycles. The number of rotatable bonds is 0. The van der Waals surface area contributed by atoms with Crippen LogP contribution in [0.15, 0.2) is 18.2 Å². The predicted molar refractivity (Wildman–Crippen MR) is 52.7 cm³/mol. The molecule has 1 heterocycles. The largest absolute Gasteiger partial charge is 0.326 e. The molecule has 0 spiro atoms. The zero-order chi connectivity index (χ0) is 9.42. The second-order valence-electron chi connectivity index (χ2n) is 3.76. The highest BCUT2D eigenvalue weighted by molar-refractivity contribution is 5.95. The van der Waals surface area contributed by atoms with Crippen LogP contribution in [-0.2, 0) is 11.2 Å². The van der Waals surface area contributed by atoms with Crippen LogP contribution in [0.25, 0.3) is 0 Å². The molecular formula is C11H13NO. The van der Waals surface area contributed by atoms with Gasteiger partial charge in [-0.25, -0.2) is 0 Å². The summed E-state index contributed by atoms with van der Waals surface area (Å²) >= 11 is 0. The van der Waals surface area contributed by atoms with Crippen LogP contribution in [0.3, 0.4) is 0 Å². The first-order valence-corrected chi connectivity index (χ1v) is 4.57. The lowest BCUT2D eigenvalue weighted by Crippen LogP contribution is -2.27. The molecule has 1 aromatic rings. The Labute approximate surface area is 78.0 Å². The van der Waals surface area contributed by atoms with E-state index >= 15 is 0 Å². The van der Waals surface area contributed by atoms with E-state index in [0.29, 0.717) is 0 Å². The first-order valence-electron chi connectivity index (χ1n) is 4.57. The van der Waals surface area contributed by atoms with Gasteiger partial charge in [0.2, 0.25) is 5.91 Å². The van der Waals surface area contributed by atoms with Gasteiger partial charge in [-0.3, -0.25) is 4.79 Å². The van der Waals surface area contributed by atoms with E-state index in [-0.39, 0.29) is 11.8 Å². The van der Waals surface area contributed by atoms with Gasteiger partial charge in [0, 0.05) is 11.6 Å². The number of carbonyl (C=O) groups excluding carboxylic acids is 1. The minimum atomic E-state index is 0.106. The van der Waals surface area contributed by atoms with Crippen LogP contribution in [-0.4, -0.2) is 5.91 Å². The van der Waals surface area contributed by atoms with Gasteiger partial charge >= 0.3 is 0 Å². The van der Waals surface area contributed by atoms with Gasteiger partial charge in [0.1, 0.15) is 0 Å². The molecule has 0 unspecified atom stereocenters. The highest BCUT2D eigenvalue weighted by atomic mass is 16.1. The number of carbonyl (C=O) groups is 1. The van der Waals surface area contributed by atoms with Gasteiger partial charge < -0.3 is 5.32 Å². The Morgan fingerprint density at radius 3 is 3.00 bits per heavy atom. The molecule has 1 aliphatic heterocycles. The summed E-state index contributed by atoms with van der Waals surface area (Å²) in [4.78, 5) is 11.3. The number of aryl methyl sites for hydroxylation is 1. The fraction of sp³-hybridized carbons (Fsp3) is 0.364. The third kappa shape index (κ3) is 1.44. The maximum absolute atomic E-state index is 11.3. The Hall–Kier alpha value is -1.31. The van der Waals surface area contributed by atoms with Crippen LogP contribution in [0.5, 0.6) is 0 Å². The smallest absolute Gasteiger partial charge is 0.227 e. The average Bonchev–Trinajstić information content (AvgIpc) is 2.08. The fourth-order valence-corrected chi connectivity index (χ4v) is 1.69. The van der Waals surface area contributed by atoms with Crippen LogP contribution < -0.4 is 5.32 Å². The highest BCUT2D eigenvalue weighted by Crippen LogP contribution is 2.25. The van der Waals surface area contributed by atoms with Crippen molar-refractivity contribution in [2.24, 2.45) is 5.92 Å². The summed E-state index contributed by atoms with van der Waals surface area (Å²) in [5.74, 6) is 0.241. The number of nitrogens with one attached hydrogen (secondary N) is 1. The van der Waals surface area contributed by atoms with E-state index in [4.69, 9.17) is 0 Å². The molecule has 2 heteroatoms. The second-order valence-corrected chi connectivity index (χ2v) is 3.76. The molecule has 0 radical (unpaired) electrons. The monoisotopic (exact) mass is 175 g/mol. The van der Waals surface area contributed by atoms with Crippen molar-refractivity contribution in [1.82, 2.24) is 0 Å². The van der Waals surface area contributed by atoms with E-state index in [1.807, 2.05) is 19.1 Å². The first kappa shape index (κ1) is 8.30. The minimum absolute atomic E-state index is 0.106. The third-order valence-corrected chi connectivity index (χ3v) is 2.49. The molecule has 1 atom stereocenters. The standard InChI is InChI=1S/C11H13NO/c1-7-3-4-10-9(5-7)6-8(2)11(13)12-10/h3-5,8H,6H2,1-2H3,(H,12,13)/t8-/m1/s1. The fourth-order valence-electron chi connectivity index (χ4n) is 1.69. The molecule has 68 valence electrons. The lowest BCUT2D eigenvalue weighted by Gasteiger charge is -2.21. The lowest BCUT2D eigenvalue weighted by molar-refractivity contribution is -0.119. The Kier molecular flexibility index (Phi) is 1.83. The van der Waals surface area contributed by atoms with Gasteiger partial charge in [0.05, 0.1) is 0 Å². The van der Waals surface area contributed by atoms with Crippen molar-refractivity contribution in [3.63, 3.8) is 0 Å². The Balaban J connectivity index is 2.42. The summed E-state index contributed by atoms with van der Waals surface area (Å²) in [5, 5.41) is 2.90. The Bertz CT molecular complexity index is 357. The molecule has 1 aliphatic rings. The molecule has 0 saturated heterocycles. The molecule has 0 bridgehead atoms. The average molecular weight is 175 g/mol. The maximum Gasteiger partial charge on any atom is 0.227 e. The van der Waals surface area contributed by atoms with Gasteiger partial charge in [-0.05, 0) is 25.0 Å². The number of hydrogen-bond donors (Lipinski definition) is 1. The maximum atomic E-state index is 11.3. The normalized spacial score (nSPS) is 20.8. The van der Waals surface area contributed by atoms with Crippen molar-refractivity contribution < 1.29 is 4.79 Å². The molecule has 13 heavy (non-hydrogen) atoms. The van der Waals surface area contributed by atoms with Crippen molar-refractivity contribution in [2.45, 2.75) is 20.3 Å². The molecule has 0 fully saturated rings. The Morgan fingerprint density at radius 1 is 1.46 bits per heavy atom. The summed E-state index contributed by atoms with van der Waals surface area (Å²) < 4.78 is 0. The van der Waals surface area contributed by atoms with Crippen LogP contribution in [0.4, 0.5) is 5.69 Å².